The van der Waals surface area contributed by atoms with Crippen molar-refractivity contribution < 1.29 is 14.3 Å². The number of nitrogens with two attached hydrogens (primary N) is 1. The van der Waals surface area contributed by atoms with Crippen LogP contribution in [0, 0.1) is 0 Å². The first-order chi connectivity index (χ1) is 5.22. The highest BCUT2D eigenvalue weighted by molar-refractivity contribution is 7.80. The van der Waals surface area contributed by atoms with Crippen LogP contribution in [0.15, 0.2) is 0 Å². The van der Waals surface area contributed by atoms with Gasteiger partial charge in [0.05, 0.1) is 6.61 Å². The first-order valence-corrected chi connectivity index (χ1v) is 3.87. The molecule has 12 heavy (non-hydrogen) atoms. The fourth-order valence-electron chi connectivity index (χ4n) is 0.407. The predicted molar refractivity (Wildman–Crippen MR) is 51.9 cm³/mol. The van der Waals surface area contributed by atoms with Gasteiger partial charge in [-0.1, -0.05) is 0 Å². The smallest absolute Gasteiger partial charge is 0.323 e. The van der Waals surface area contributed by atoms with Gasteiger partial charge in [-0.3, -0.25) is 4.79 Å². The molecule has 4 nitrogen and oxygen atoms in total. The summed E-state index contributed by atoms with van der Waals surface area (Å²) in [5.41, 5.74) is 5.31. The van der Waals surface area contributed by atoms with Crippen LogP contribution in [0.3, 0.4) is 0 Å². The lowest BCUT2D eigenvalue weighted by Gasteiger charge is -2.07. The highest BCUT2D eigenvalue weighted by Crippen LogP contribution is 1.88. The average Bonchev–Trinajstić information content (AvgIpc) is 2.03. The van der Waals surface area contributed by atoms with E-state index in [1.54, 1.807) is 0 Å². The Bertz CT molecular complexity index is 125. The lowest BCUT2D eigenvalue weighted by molar-refractivity contribution is -0.145. The molecule has 0 radical (unpaired) electrons. The highest BCUT2D eigenvalue weighted by atomic mass is 35.5. The van der Waals surface area contributed by atoms with E-state index >= 15 is 0 Å². The number of ether oxygens (including phenoxy) is 2. The lowest BCUT2D eigenvalue weighted by Crippen LogP contribution is -2.34. The summed E-state index contributed by atoms with van der Waals surface area (Å²) in [6.07, 6.45) is 0. The largest absolute Gasteiger partial charge is 0.462 e. The van der Waals surface area contributed by atoms with Crippen molar-refractivity contribution in [3.8, 4) is 0 Å². The maximum Gasteiger partial charge on any atom is 0.323 e. The van der Waals surface area contributed by atoms with Gasteiger partial charge in [-0.05, 0) is 0 Å². The minimum Gasteiger partial charge on any atom is -0.462 e. The zero-order valence-corrected chi connectivity index (χ0v) is 8.57. The number of methoxy groups -OCH3 is 1. The first kappa shape index (κ1) is 14.5. The lowest BCUT2D eigenvalue weighted by atomic mass is 10.4. The van der Waals surface area contributed by atoms with Crippen LogP contribution < -0.4 is 5.73 Å². The van der Waals surface area contributed by atoms with E-state index in [-0.39, 0.29) is 19.0 Å². The van der Waals surface area contributed by atoms with Crippen molar-refractivity contribution >= 4 is 31.0 Å². The molecule has 0 aliphatic heterocycles. The van der Waals surface area contributed by atoms with Crippen LogP contribution in [0.5, 0.6) is 0 Å². The maximum absolute atomic E-state index is 10.8. The van der Waals surface area contributed by atoms with Crippen molar-refractivity contribution in [2.75, 3.05) is 26.1 Å². The molecule has 0 saturated carbocycles. The molecule has 0 aromatic carbocycles. The second kappa shape index (κ2) is 9.12. The van der Waals surface area contributed by atoms with E-state index in [1.807, 2.05) is 0 Å². The van der Waals surface area contributed by atoms with Crippen LogP contribution in [0.1, 0.15) is 0 Å². The van der Waals surface area contributed by atoms with E-state index in [2.05, 4.69) is 17.4 Å². The topological polar surface area (TPSA) is 61.5 Å². The molecule has 0 aromatic heterocycles. The van der Waals surface area contributed by atoms with E-state index in [4.69, 9.17) is 10.5 Å². The molecule has 0 aliphatic rings. The number of rotatable bonds is 5. The van der Waals surface area contributed by atoms with Gasteiger partial charge in [-0.15, -0.1) is 12.4 Å². The Morgan fingerprint density at radius 2 is 2.17 bits per heavy atom. The summed E-state index contributed by atoms with van der Waals surface area (Å²) in [5.74, 6) is -0.136. The minimum atomic E-state index is -0.629. The standard InChI is InChI=1S/C6H13NO3S.ClH/c1-9-2-3-10-6(8)5(7)4-11;/h5,11H,2-4,7H2,1H3;1H/t5-;/m0./s1. The molecular weight excluding hydrogens is 202 g/mol. The Kier molecular flexibility index (Phi) is 11.1. The molecule has 0 unspecified atom stereocenters. The van der Waals surface area contributed by atoms with E-state index in [9.17, 15) is 4.79 Å². The molecule has 0 amide bonds. The molecule has 0 bridgehead atoms. The Hall–Kier alpha value is 0.0300. The van der Waals surface area contributed by atoms with Gasteiger partial charge < -0.3 is 15.2 Å². The van der Waals surface area contributed by atoms with Crippen molar-refractivity contribution in [3.05, 3.63) is 0 Å². The molecule has 6 heteroatoms. The molecule has 0 aromatic rings. The number of carbonyl (C=O) groups is 1. The first-order valence-electron chi connectivity index (χ1n) is 3.24. The molecule has 0 rings (SSSR count). The number of halogens is 1. The molecule has 0 aliphatic carbocycles. The summed E-state index contributed by atoms with van der Waals surface area (Å²) in [7, 11) is 1.53. The van der Waals surface area contributed by atoms with Crippen molar-refractivity contribution in [3.63, 3.8) is 0 Å². The minimum absolute atomic E-state index is 0. The van der Waals surface area contributed by atoms with E-state index in [0.29, 0.717) is 12.4 Å². The van der Waals surface area contributed by atoms with Gasteiger partial charge in [0.2, 0.25) is 0 Å². The summed E-state index contributed by atoms with van der Waals surface area (Å²) in [5, 5.41) is 0. The van der Waals surface area contributed by atoms with Gasteiger partial charge in [-0.2, -0.15) is 12.6 Å². The molecule has 2 N–H and O–H groups in total. The molecule has 0 saturated heterocycles. The van der Waals surface area contributed by atoms with Gasteiger partial charge in [0.25, 0.3) is 0 Å². The molecule has 1 atom stereocenters. The average molecular weight is 216 g/mol. The van der Waals surface area contributed by atoms with E-state index < -0.39 is 12.0 Å². The molecule has 74 valence electrons. The third-order valence-electron chi connectivity index (χ3n) is 1.03. The summed E-state index contributed by atoms with van der Waals surface area (Å²) in [6, 6.07) is -0.629. The number of thiol groups is 1. The number of hydrogen-bond donors (Lipinski definition) is 2. The third kappa shape index (κ3) is 6.72. The second-order valence-corrected chi connectivity index (χ2v) is 2.31. The van der Waals surface area contributed by atoms with E-state index in [0.717, 1.165) is 0 Å². The van der Waals surface area contributed by atoms with Crippen LogP contribution in [0.2, 0.25) is 0 Å². The van der Waals surface area contributed by atoms with Gasteiger partial charge in [-0.25, -0.2) is 0 Å². The summed E-state index contributed by atoms with van der Waals surface area (Å²) in [6.45, 7) is 0.641. The Labute approximate surface area is 83.6 Å². The maximum atomic E-state index is 10.8. The monoisotopic (exact) mass is 215 g/mol. The van der Waals surface area contributed by atoms with E-state index in [1.165, 1.54) is 7.11 Å². The van der Waals surface area contributed by atoms with Crippen molar-refractivity contribution in [1.82, 2.24) is 0 Å². The molecule has 0 heterocycles. The van der Waals surface area contributed by atoms with Crippen LogP contribution >= 0.6 is 25.0 Å². The number of hydrogen-bond acceptors (Lipinski definition) is 5. The van der Waals surface area contributed by atoms with Crippen LogP contribution in [-0.2, 0) is 14.3 Å². The summed E-state index contributed by atoms with van der Waals surface area (Å²) >= 11 is 3.84. The van der Waals surface area contributed by atoms with Crippen molar-refractivity contribution in [1.29, 1.82) is 0 Å². The second-order valence-electron chi connectivity index (χ2n) is 1.95. The molecule has 0 fully saturated rings. The highest BCUT2D eigenvalue weighted by Gasteiger charge is 2.11. The molecular formula is C6H14ClNO3S. The van der Waals surface area contributed by atoms with Crippen LogP contribution in [0.25, 0.3) is 0 Å². The van der Waals surface area contributed by atoms with Crippen LogP contribution in [0.4, 0.5) is 0 Å². The Morgan fingerprint density at radius 1 is 1.58 bits per heavy atom. The van der Waals surface area contributed by atoms with Crippen molar-refractivity contribution in [2.45, 2.75) is 6.04 Å². The van der Waals surface area contributed by atoms with Gasteiger partial charge in [0, 0.05) is 12.9 Å². The van der Waals surface area contributed by atoms with Gasteiger partial charge in [0.15, 0.2) is 0 Å². The Balaban J connectivity index is 0. The molecule has 0 spiro atoms. The fourth-order valence-corrected chi connectivity index (χ4v) is 0.556. The predicted octanol–water partition coefficient (Wildman–Crippen LogP) is -0.145. The van der Waals surface area contributed by atoms with Crippen LogP contribution in [-0.4, -0.2) is 38.1 Å². The third-order valence-corrected chi connectivity index (χ3v) is 1.42. The van der Waals surface area contributed by atoms with Gasteiger partial charge in [0.1, 0.15) is 12.6 Å². The van der Waals surface area contributed by atoms with Crippen molar-refractivity contribution in [2.24, 2.45) is 5.73 Å². The SMILES string of the molecule is COCCOC(=O)[C@@H](N)CS.Cl. The zero-order chi connectivity index (χ0) is 8.69. The normalized spacial score (nSPS) is 11.6. The number of esters is 1. The summed E-state index contributed by atoms with van der Waals surface area (Å²) < 4.78 is 9.37. The fraction of sp³-hybridized carbons (Fsp3) is 0.833. The Morgan fingerprint density at radius 3 is 2.58 bits per heavy atom. The zero-order valence-electron chi connectivity index (χ0n) is 6.86. The summed E-state index contributed by atoms with van der Waals surface area (Å²) in [4.78, 5) is 10.8. The van der Waals surface area contributed by atoms with Gasteiger partial charge >= 0.3 is 5.97 Å². The number of carbonyl (C=O) groups excluding carboxylic acids is 1. The quantitative estimate of drug-likeness (QED) is 0.381.